The summed E-state index contributed by atoms with van der Waals surface area (Å²) in [4.78, 5) is 0. The van der Waals surface area contributed by atoms with Crippen LogP contribution in [0.2, 0.25) is 0 Å². The van der Waals surface area contributed by atoms with E-state index < -0.39 is 0 Å². The van der Waals surface area contributed by atoms with Crippen LogP contribution in [-0.4, -0.2) is 18.1 Å². The lowest BCUT2D eigenvalue weighted by molar-refractivity contribution is 0.236. The number of nitrogens with one attached hydrogen (secondary N) is 1. The van der Waals surface area contributed by atoms with Gasteiger partial charge >= 0.3 is 0 Å². The van der Waals surface area contributed by atoms with Gasteiger partial charge in [0.25, 0.3) is 0 Å². The summed E-state index contributed by atoms with van der Waals surface area (Å²) in [7, 11) is 0. The summed E-state index contributed by atoms with van der Waals surface area (Å²) in [6.45, 7) is 2.39. The smallest absolute Gasteiger partial charge is 0.00843 e. The van der Waals surface area contributed by atoms with E-state index >= 15 is 0 Å². The highest BCUT2D eigenvalue weighted by atomic mass is 15.0. The van der Waals surface area contributed by atoms with Crippen LogP contribution in [-0.2, 0) is 0 Å². The molecule has 2 aliphatic rings. The summed E-state index contributed by atoms with van der Waals surface area (Å²) in [5, 5.41) is 3.84. The molecular formula is C14H28N2. The monoisotopic (exact) mass is 224 g/mol. The molecule has 0 bridgehead atoms. The molecular weight excluding hydrogens is 196 g/mol. The molecule has 2 saturated carbocycles. The first-order valence-electron chi connectivity index (χ1n) is 7.27. The molecule has 0 heterocycles. The summed E-state index contributed by atoms with van der Waals surface area (Å²) in [5.41, 5.74) is 6.04. The van der Waals surface area contributed by atoms with Crippen molar-refractivity contribution in [2.45, 2.75) is 82.8 Å². The van der Waals surface area contributed by atoms with Crippen LogP contribution < -0.4 is 11.1 Å². The fraction of sp³-hybridized carbons (Fsp3) is 1.00. The van der Waals surface area contributed by atoms with Crippen LogP contribution in [0.25, 0.3) is 0 Å². The first kappa shape index (κ1) is 12.4. The Balaban J connectivity index is 1.74. The number of rotatable bonds is 3. The molecule has 2 aliphatic carbocycles. The van der Waals surface area contributed by atoms with Crippen molar-refractivity contribution < 1.29 is 0 Å². The first-order valence-corrected chi connectivity index (χ1v) is 7.27. The predicted molar refractivity (Wildman–Crippen MR) is 69.4 cm³/mol. The number of hydrogen-bond acceptors (Lipinski definition) is 2. The van der Waals surface area contributed by atoms with Crippen molar-refractivity contribution in [1.82, 2.24) is 5.32 Å². The van der Waals surface area contributed by atoms with Gasteiger partial charge in [-0.15, -0.1) is 0 Å². The zero-order valence-electron chi connectivity index (χ0n) is 10.8. The summed E-state index contributed by atoms with van der Waals surface area (Å²) in [6.07, 6.45) is 12.3. The third-order valence-corrected chi connectivity index (χ3v) is 4.57. The van der Waals surface area contributed by atoms with Crippen LogP contribution in [0.5, 0.6) is 0 Å². The molecule has 94 valence electrons. The molecule has 0 aromatic carbocycles. The maximum Gasteiger partial charge on any atom is 0.00843 e. The quantitative estimate of drug-likeness (QED) is 0.773. The van der Waals surface area contributed by atoms with Gasteiger partial charge in [-0.1, -0.05) is 25.7 Å². The van der Waals surface area contributed by atoms with Crippen molar-refractivity contribution in [3.05, 3.63) is 0 Å². The van der Waals surface area contributed by atoms with Crippen LogP contribution in [0.1, 0.15) is 64.7 Å². The Labute approximate surface area is 100 Å². The third-order valence-electron chi connectivity index (χ3n) is 4.57. The maximum atomic E-state index is 6.04. The van der Waals surface area contributed by atoms with E-state index in [1.807, 2.05) is 0 Å². The number of hydrogen-bond donors (Lipinski definition) is 2. The van der Waals surface area contributed by atoms with Gasteiger partial charge in [-0.2, -0.15) is 0 Å². The van der Waals surface area contributed by atoms with E-state index in [0.717, 1.165) is 5.92 Å². The Morgan fingerprint density at radius 1 is 1.00 bits per heavy atom. The minimum Gasteiger partial charge on any atom is -0.328 e. The van der Waals surface area contributed by atoms with Gasteiger partial charge in [0.15, 0.2) is 0 Å². The average Bonchev–Trinajstić information content (AvgIpc) is 2.30. The lowest BCUT2D eigenvalue weighted by Gasteiger charge is -2.34. The normalized spacial score (nSPS) is 34.9. The van der Waals surface area contributed by atoms with Crippen molar-refractivity contribution in [2.24, 2.45) is 11.7 Å². The second kappa shape index (κ2) is 6.02. The average molecular weight is 224 g/mol. The maximum absolute atomic E-state index is 6.04. The van der Waals surface area contributed by atoms with Gasteiger partial charge in [0.1, 0.15) is 0 Å². The van der Waals surface area contributed by atoms with Crippen LogP contribution >= 0.6 is 0 Å². The highest BCUT2D eigenvalue weighted by Crippen LogP contribution is 2.27. The minimum absolute atomic E-state index is 0.449. The zero-order chi connectivity index (χ0) is 11.4. The Hall–Kier alpha value is -0.0800. The molecule has 2 fully saturated rings. The molecule has 3 unspecified atom stereocenters. The van der Waals surface area contributed by atoms with Crippen molar-refractivity contribution in [1.29, 1.82) is 0 Å². The lowest BCUT2D eigenvalue weighted by Crippen LogP contribution is -2.46. The molecule has 16 heavy (non-hydrogen) atoms. The van der Waals surface area contributed by atoms with Crippen molar-refractivity contribution in [3.8, 4) is 0 Å². The molecule has 2 nitrogen and oxygen atoms in total. The van der Waals surface area contributed by atoms with Crippen LogP contribution in [0, 0.1) is 5.92 Å². The predicted octanol–water partition coefficient (Wildman–Crippen LogP) is 2.81. The Bertz CT molecular complexity index is 199. The summed E-state index contributed by atoms with van der Waals surface area (Å²) in [6, 6.07) is 1.85. The van der Waals surface area contributed by atoms with Crippen LogP contribution in [0.4, 0.5) is 0 Å². The second-order valence-electron chi connectivity index (χ2n) is 5.98. The molecule has 0 spiro atoms. The van der Waals surface area contributed by atoms with E-state index in [-0.39, 0.29) is 0 Å². The lowest BCUT2D eigenvalue weighted by atomic mass is 9.83. The van der Waals surface area contributed by atoms with E-state index in [4.69, 9.17) is 5.73 Å². The van der Waals surface area contributed by atoms with Gasteiger partial charge in [0.05, 0.1) is 0 Å². The van der Waals surface area contributed by atoms with E-state index in [9.17, 15) is 0 Å². The molecule has 0 amide bonds. The van der Waals surface area contributed by atoms with E-state index in [1.54, 1.807) is 0 Å². The summed E-state index contributed by atoms with van der Waals surface area (Å²) in [5.74, 6) is 0.923. The standard InChI is InChI=1S/C14H28N2/c1-11(12-6-3-2-4-7-12)16-14-9-5-8-13(15)10-14/h11-14,16H,2-10,15H2,1H3. The topological polar surface area (TPSA) is 38.0 Å². The van der Waals surface area contributed by atoms with E-state index in [1.165, 1.54) is 57.8 Å². The highest BCUT2D eigenvalue weighted by Gasteiger charge is 2.25. The molecule has 0 aromatic rings. The third kappa shape index (κ3) is 3.46. The van der Waals surface area contributed by atoms with Crippen molar-refractivity contribution in [2.75, 3.05) is 0 Å². The Kier molecular flexibility index (Phi) is 4.66. The fourth-order valence-corrected chi connectivity index (χ4v) is 3.52. The SMILES string of the molecule is CC(NC1CCCC(N)C1)C1CCCCC1. The molecule has 3 N–H and O–H groups in total. The molecule has 0 radical (unpaired) electrons. The fourth-order valence-electron chi connectivity index (χ4n) is 3.52. The molecule has 0 saturated heterocycles. The van der Waals surface area contributed by atoms with Gasteiger partial charge in [-0.05, 0) is 44.9 Å². The molecule has 0 aromatic heterocycles. The van der Waals surface area contributed by atoms with Gasteiger partial charge in [0, 0.05) is 18.1 Å². The zero-order valence-corrected chi connectivity index (χ0v) is 10.8. The first-order chi connectivity index (χ1) is 7.75. The summed E-state index contributed by atoms with van der Waals surface area (Å²) < 4.78 is 0. The van der Waals surface area contributed by atoms with Gasteiger partial charge in [0.2, 0.25) is 0 Å². The van der Waals surface area contributed by atoms with E-state index in [0.29, 0.717) is 18.1 Å². The van der Waals surface area contributed by atoms with Gasteiger partial charge < -0.3 is 11.1 Å². The molecule has 2 heteroatoms. The second-order valence-corrected chi connectivity index (χ2v) is 5.98. The number of nitrogens with two attached hydrogens (primary N) is 1. The summed E-state index contributed by atoms with van der Waals surface area (Å²) >= 11 is 0. The van der Waals surface area contributed by atoms with Crippen LogP contribution in [0.15, 0.2) is 0 Å². The van der Waals surface area contributed by atoms with Crippen molar-refractivity contribution >= 4 is 0 Å². The Morgan fingerprint density at radius 2 is 1.75 bits per heavy atom. The molecule has 0 aliphatic heterocycles. The minimum atomic E-state index is 0.449. The van der Waals surface area contributed by atoms with Gasteiger partial charge in [-0.3, -0.25) is 0 Å². The van der Waals surface area contributed by atoms with E-state index in [2.05, 4.69) is 12.2 Å². The Morgan fingerprint density at radius 3 is 2.44 bits per heavy atom. The molecule has 2 rings (SSSR count). The largest absolute Gasteiger partial charge is 0.328 e. The van der Waals surface area contributed by atoms with Gasteiger partial charge in [-0.25, -0.2) is 0 Å². The van der Waals surface area contributed by atoms with Crippen molar-refractivity contribution in [3.63, 3.8) is 0 Å². The molecule has 3 atom stereocenters. The highest BCUT2D eigenvalue weighted by molar-refractivity contribution is 4.84. The van der Waals surface area contributed by atoms with Crippen LogP contribution in [0.3, 0.4) is 0 Å².